The zero-order valence-electron chi connectivity index (χ0n) is 24.6. The van der Waals surface area contributed by atoms with Crippen molar-refractivity contribution >= 4 is 34.8 Å². The highest BCUT2D eigenvalue weighted by Gasteiger charge is 2.49. The Bertz CT molecular complexity index is 1400. The summed E-state index contributed by atoms with van der Waals surface area (Å²) in [6, 6.07) is 14.4. The molecule has 7 heteroatoms. The molecule has 3 aliphatic rings. The first kappa shape index (κ1) is 29.1. The third-order valence-electron chi connectivity index (χ3n) is 8.19. The average Bonchev–Trinajstić information content (AvgIpc) is 2.88. The lowest BCUT2D eigenvalue weighted by Gasteiger charge is -2.49. The van der Waals surface area contributed by atoms with E-state index in [4.69, 9.17) is 16.3 Å². The lowest BCUT2D eigenvalue weighted by atomic mass is 9.63. The molecule has 5 rings (SSSR count). The summed E-state index contributed by atoms with van der Waals surface area (Å²) in [7, 11) is 0. The van der Waals surface area contributed by atoms with Crippen molar-refractivity contribution in [3.63, 3.8) is 0 Å². The van der Waals surface area contributed by atoms with Crippen LogP contribution in [0.4, 0.5) is 5.69 Å². The smallest absolute Gasteiger partial charge is 0.262 e. The minimum Gasteiger partial charge on any atom is -0.483 e. The van der Waals surface area contributed by atoms with E-state index in [9.17, 15) is 14.4 Å². The van der Waals surface area contributed by atoms with Crippen molar-refractivity contribution in [3.05, 3.63) is 81.7 Å². The molecule has 0 bridgehead atoms. The van der Waals surface area contributed by atoms with Gasteiger partial charge in [0.05, 0.1) is 0 Å². The zero-order chi connectivity index (χ0) is 29.5. The molecular weight excluding hydrogens is 536 g/mol. The molecule has 0 aromatic heterocycles. The van der Waals surface area contributed by atoms with E-state index in [0.717, 1.165) is 42.8 Å². The third kappa shape index (κ3) is 5.99. The molecule has 41 heavy (non-hydrogen) atoms. The van der Waals surface area contributed by atoms with E-state index in [-0.39, 0.29) is 34.9 Å². The van der Waals surface area contributed by atoms with Gasteiger partial charge in [-0.25, -0.2) is 0 Å². The highest BCUT2D eigenvalue weighted by molar-refractivity contribution is 6.30. The predicted octanol–water partition coefficient (Wildman–Crippen LogP) is 7.45. The number of para-hydroxylation sites is 1. The van der Waals surface area contributed by atoms with E-state index in [1.807, 2.05) is 24.3 Å². The lowest BCUT2D eigenvalue weighted by molar-refractivity contribution is -0.120. The Morgan fingerprint density at radius 1 is 0.902 bits per heavy atom. The number of hydrogen-bond donors (Lipinski definition) is 1. The summed E-state index contributed by atoms with van der Waals surface area (Å²) in [6.45, 7) is 11.3. The Morgan fingerprint density at radius 3 is 2.02 bits per heavy atom. The van der Waals surface area contributed by atoms with Crippen molar-refractivity contribution in [2.24, 2.45) is 10.8 Å². The van der Waals surface area contributed by atoms with Crippen LogP contribution in [0.2, 0.25) is 5.02 Å². The van der Waals surface area contributed by atoms with Crippen LogP contribution in [0.15, 0.2) is 71.1 Å². The molecule has 0 fully saturated rings. The SMILES string of the molecule is CCCN1C2=C(C(=O)CC(C)(C)C2)C(c2ccccc2OCC(=O)Nc2ccc(Cl)cc2)C2=C1CC(C)(C)CC2=O. The van der Waals surface area contributed by atoms with Gasteiger partial charge in [-0.05, 0) is 60.4 Å². The fraction of sp³-hybridized carbons (Fsp3) is 0.441. The monoisotopic (exact) mass is 574 g/mol. The van der Waals surface area contributed by atoms with Crippen LogP contribution in [0.5, 0.6) is 5.75 Å². The summed E-state index contributed by atoms with van der Waals surface area (Å²) >= 11 is 5.96. The van der Waals surface area contributed by atoms with E-state index < -0.39 is 5.92 Å². The molecule has 2 aromatic rings. The molecule has 2 aromatic carbocycles. The number of anilines is 1. The highest BCUT2D eigenvalue weighted by atomic mass is 35.5. The van der Waals surface area contributed by atoms with Crippen LogP contribution < -0.4 is 10.1 Å². The van der Waals surface area contributed by atoms with Gasteiger partial charge in [0.25, 0.3) is 5.91 Å². The van der Waals surface area contributed by atoms with Crippen molar-refractivity contribution in [3.8, 4) is 5.75 Å². The molecular formula is C34H39ClN2O4. The summed E-state index contributed by atoms with van der Waals surface area (Å²) in [5.41, 5.74) is 4.54. The third-order valence-corrected chi connectivity index (χ3v) is 8.44. The standard InChI is InChI=1S/C34H39ClN2O4/c1-6-15-37-24-16-33(2,3)18-26(38)31(24)30(32-25(37)17-34(4,5)19-27(32)39)23-9-7-8-10-28(23)41-20-29(40)36-22-13-11-21(35)12-14-22/h7-14,30H,6,15-20H2,1-5H3,(H,36,40). The van der Waals surface area contributed by atoms with Crippen molar-refractivity contribution in [2.75, 3.05) is 18.5 Å². The minimum atomic E-state index is -0.518. The molecule has 0 unspecified atom stereocenters. The molecule has 0 saturated heterocycles. The van der Waals surface area contributed by atoms with Crippen LogP contribution in [-0.2, 0) is 14.4 Å². The first-order chi connectivity index (χ1) is 19.4. The van der Waals surface area contributed by atoms with Gasteiger partial charge in [0.1, 0.15) is 5.75 Å². The van der Waals surface area contributed by atoms with Crippen LogP contribution in [0, 0.1) is 10.8 Å². The van der Waals surface area contributed by atoms with E-state index in [1.165, 1.54) is 0 Å². The second kappa shape index (κ2) is 11.1. The maximum atomic E-state index is 14.0. The predicted molar refractivity (Wildman–Crippen MR) is 162 cm³/mol. The fourth-order valence-electron chi connectivity index (χ4n) is 6.58. The molecule has 2 aliphatic carbocycles. The number of amides is 1. The molecule has 0 spiro atoms. The van der Waals surface area contributed by atoms with Crippen LogP contribution >= 0.6 is 11.6 Å². The van der Waals surface area contributed by atoms with Gasteiger partial charge in [-0.3, -0.25) is 14.4 Å². The Hall–Kier alpha value is -3.38. The van der Waals surface area contributed by atoms with E-state index in [1.54, 1.807) is 24.3 Å². The Balaban J connectivity index is 1.56. The number of ether oxygens (including phenoxy) is 1. The Kier molecular flexibility index (Phi) is 7.90. The molecule has 216 valence electrons. The second-order valence-electron chi connectivity index (χ2n) is 13.1. The number of carbonyl (C=O) groups excluding carboxylic acids is 3. The maximum absolute atomic E-state index is 14.0. The number of allylic oxidation sites excluding steroid dienone is 4. The van der Waals surface area contributed by atoms with Crippen molar-refractivity contribution < 1.29 is 19.1 Å². The van der Waals surface area contributed by atoms with Gasteiger partial charge in [-0.1, -0.05) is 64.4 Å². The highest BCUT2D eigenvalue weighted by Crippen LogP contribution is 2.55. The molecule has 1 aliphatic heterocycles. The van der Waals surface area contributed by atoms with Gasteiger partial charge in [0.2, 0.25) is 0 Å². The average molecular weight is 575 g/mol. The lowest BCUT2D eigenvalue weighted by Crippen LogP contribution is -2.44. The number of nitrogens with one attached hydrogen (secondary N) is 1. The Morgan fingerprint density at radius 2 is 1.46 bits per heavy atom. The Labute approximate surface area is 247 Å². The van der Waals surface area contributed by atoms with Gasteiger partial charge in [-0.15, -0.1) is 0 Å². The number of benzene rings is 2. The first-order valence-corrected chi connectivity index (χ1v) is 14.8. The summed E-state index contributed by atoms with van der Waals surface area (Å²) < 4.78 is 6.11. The van der Waals surface area contributed by atoms with Gasteiger partial charge in [-0.2, -0.15) is 0 Å². The van der Waals surface area contributed by atoms with E-state index in [0.29, 0.717) is 40.4 Å². The van der Waals surface area contributed by atoms with Crippen molar-refractivity contribution in [1.82, 2.24) is 4.90 Å². The van der Waals surface area contributed by atoms with Crippen LogP contribution in [0.1, 0.15) is 78.2 Å². The quantitative estimate of drug-likeness (QED) is 0.371. The molecule has 0 saturated carbocycles. The maximum Gasteiger partial charge on any atom is 0.262 e. The van der Waals surface area contributed by atoms with Gasteiger partial charge >= 0.3 is 0 Å². The number of Topliss-reactive ketones (excluding diaryl/α,β-unsaturated/α-hetero) is 2. The zero-order valence-corrected chi connectivity index (χ0v) is 25.4. The minimum absolute atomic E-state index is 0.0850. The van der Waals surface area contributed by atoms with Crippen LogP contribution in [0.3, 0.4) is 0 Å². The largest absolute Gasteiger partial charge is 0.483 e. The normalized spacial score (nSPS) is 20.1. The van der Waals surface area contributed by atoms with Crippen LogP contribution in [0.25, 0.3) is 0 Å². The number of carbonyl (C=O) groups is 3. The van der Waals surface area contributed by atoms with Crippen molar-refractivity contribution in [2.45, 2.75) is 72.6 Å². The molecule has 1 N–H and O–H groups in total. The molecule has 1 amide bonds. The summed E-state index contributed by atoms with van der Waals surface area (Å²) in [4.78, 5) is 43.0. The summed E-state index contributed by atoms with van der Waals surface area (Å²) in [6.07, 6.45) is 3.29. The topological polar surface area (TPSA) is 75.7 Å². The van der Waals surface area contributed by atoms with Gasteiger partial charge in [0.15, 0.2) is 18.2 Å². The van der Waals surface area contributed by atoms with Gasteiger partial charge in [0, 0.05) is 64.1 Å². The number of ketones is 2. The fourth-order valence-corrected chi connectivity index (χ4v) is 6.70. The van der Waals surface area contributed by atoms with E-state index >= 15 is 0 Å². The number of halogens is 1. The molecule has 1 heterocycles. The summed E-state index contributed by atoms with van der Waals surface area (Å²) in [5.74, 6) is -0.160. The molecule has 0 atom stereocenters. The molecule has 0 radical (unpaired) electrons. The second-order valence-corrected chi connectivity index (χ2v) is 13.5. The van der Waals surface area contributed by atoms with Crippen LogP contribution in [-0.4, -0.2) is 35.5 Å². The summed E-state index contributed by atoms with van der Waals surface area (Å²) in [5, 5.41) is 3.41. The number of hydrogen-bond acceptors (Lipinski definition) is 5. The molecule has 6 nitrogen and oxygen atoms in total. The van der Waals surface area contributed by atoms with E-state index in [2.05, 4.69) is 44.8 Å². The first-order valence-electron chi connectivity index (χ1n) is 14.5. The van der Waals surface area contributed by atoms with Crippen molar-refractivity contribution in [1.29, 1.82) is 0 Å². The number of rotatable bonds is 7. The van der Waals surface area contributed by atoms with Gasteiger partial charge < -0.3 is 15.0 Å². The number of nitrogens with zero attached hydrogens (tertiary/aromatic N) is 1.